The van der Waals surface area contributed by atoms with Gasteiger partial charge in [0.2, 0.25) is 0 Å². The lowest BCUT2D eigenvalue weighted by atomic mass is 9.88. The molecule has 1 aliphatic rings. The Morgan fingerprint density at radius 2 is 2.33 bits per heavy atom. The lowest BCUT2D eigenvalue weighted by molar-refractivity contribution is 0.101. The number of fused-ring (bicyclic) bond motifs is 1. The molecule has 1 N–H and O–H groups in total. The Bertz CT molecular complexity index is 666. The van der Waals surface area contributed by atoms with Gasteiger partial charge in [-0.15, -0.1) is 11.8 Å². The van der Waals surface area contributed by atoms with Crippen LogP contribution in [0, 0.1) is 5.92 Å². The Labute approximate surface area is 128 Å². The topological polar surface area (TPSA) is 55.1 Å². The van der Waals surface area contributed by atoms with Crippen LogP contribution in [-0.4, -0.2) is 17.3 Å². The van der Waals surface area contributed by atoms with Gasteiger partial charge in [0.15, 0.2) is 5.69 Å². The first-order valence-electron chi connectivity index (χ1n) is 7.10. The van der Waals surface area contributed by atoms with E-state index in [4.69, 9.17) is 4.52 Å². The number of aromatic nitrogens is 1. The number of carbonyl (C=O) groups excluding carboxylic acids is 1. The number of rotatable bonds is 3. The molecule has 2 aromatic rings. The molecule has 1 unspecified atom stereocenters. The van der Waals surface area contributed by atoms with Crippen LogP contribution >= 0.6 is 11.8 Å². The number of hydrogen-bond donors (Lipinski definition) is 1. The fourth-order valence-corrected chi connectivity index (χ4v) is 3.11. The molecule has 1 aliphatic carbocycles. The average molecular weight is 302 g/mol. The normalized spacial score (nSPS) is 17.3. The standard InChI is InChI=1S/C16H18N2O2S/c1-10-6-7-14-13(8-10)15(18-20-14)16(19)17-11-4-3-5-12(9-11)21-2/h3-5,9-10H,6-8H2,1-2H3,(H,17,19). The molecule has 0 radical (unpaired) electrons. The maximum atomic E-state index is 12.4. The van der Waals surface area contributed by atoms with Gasteiger partial charge in [-0.05, 0) is 43.2 Å². The van der Waals surface area contributed by atoms with Gasteiger partial charge < -0.3 is 9.84 Å². The second kappa shape index (κ2) is 5.93. The highest BCUT2D eigenvalue weighted by Gasteiger charge is 2.26. The number of hydrogen-bond acceptors (Lipinski definition) is 4. The van der Waals surface area contributed by atoms with E-state index < -0.39 is 0 Å². The predicted molar refractivity (Wildman–Crippen MR) is 83.9 cm³/mol. The molecule has 0 aliphatic heterocycles. The minimum atomic E-state index is -0.188. The number of nitrogens with one attached hydrogen (secondary N) is 1. The summed E-state index contributed by atoms with van der Waals surface area (Å²) in [6.07, 6.45) is 4.85. The Morgan fingerprint density at radius 1 is 1.48 bits per heavy atom. The summed E-state index contributed by atoms with van der Waals surface area (Å²) in [4.78, 5) is 13.5. The van der Waals surface area contributed by atoms with E-state index in [2.05, 4.69) is 17.4 Å². The van der Waals surface area contributed by atoms with Gasteiger partial charge in [0.25, 0.3) is 5.91 Å². The Hall–Kier alpha value is -1.75. The number of nitrogens with zero attached hydrogens (tertiary/aromatic N) is 1. The van der Waals surface area contributed by atoms with Crippen LogP contribution in [0.2, 0.25) is 0 Å². The quantitative estimate of drug-likeness (QED) is 0.877. The molecule has 1 heterocycles. The summed E-state index contributed by atoms with van der Waals surface area (Å²) in [6.45, 7) is 2.19. The molecule has 21 heavy (non-hydrogen) atoms. The fraction of sp³-hybridized carbons (Fsp3) is 0.375. The van der Waals surface area contributed by atoms with Crippen molar-refractivity contribution in [1.29, 1.82) is 0 Å². The zero-order chi connectivity index (χ0) is 14.8. The van der Waals surface area contributed by atoms with Crippen LogP contribution in [0.5, 0.6) is 0 Å². The van der Waals surface area contributed by atoms with E-state index >= 15 is 0 Å². The SMILES string of the molecule is CSc1cccc(NC(=O)c2noc3c2CC(C)CC3)c1. The van der Waals surface area contributed by atoms with Crippen molar-refractivity contribution in [2.45, 2.75) is 31.1 Å². The van der Waals surface area contributed by atoms with Crippen LogP contribution < -0.4 is 5.32 Å². The molecule has 0 saturated heterocycles. The van der Waals surface area contributed by atoms with Crippen LogP contribution in [0.15, 0.2) is 33.7 Å². The van der Waals surface area contributed by atoms with E-state index in [0.717, 1.165) is 41.2 Å². The number of amides is 1. The van der Waals surface area contributed by atoms with Crippen molar-refractivity contribution < 1.29 is 9.32 Å². The van der Waals surface area contributed by atoms with E-state index in [1.165, 1.54) is 0 Å². The van der Waals surface area contributed by atoms with Gasteiger partial charge in [0.05, 0.1) is 0 Å². The number of aryl methyl sites for hydroxylation is 1. The number of benzene rings is 1. The van der Waals surface area contributed by atoms with Crippen molar-refractivity contribution in [3.63, 3.8) is 0 Å². The molecule has 4 nitrogen and oxygen atoms in total. The zero-order valence-electron chi connectivity index (χ0n) is 12.2. The molecule has 110 valence electrons. The van der Waals surface area contributed by atoms with Crippen molar-refractivity contribution in [3.05, 3.63) is 41.3 Å². The minimum Gasteiger partial charge on any atom is -0.360 e. The van der Waals surface area contributed by atoms with Crippen LogP contribution in [-0.2, 0) is 12.8 Å². The first-order chi connectivity index (χ1) is 10.2. The van der Waals surface area contributed by atoms with Crippen molar-refractivity contribution in [2.24, 2.45) is 5.92 Å². The smallest absolute Gasteiger partial charge is 0.278 e. The molecule has 0 fully saturated rings. The van der Waals surface area contributed by atoms with Gasteiger partial charge in [-0.1, -0.05) is 18.1 Å². The molecule has 0 saturated carbocycles. The van der Waals surface area contributed by atoms with Gasteiger partial charge in [-0.2, -0.15) is 0 Å². The van der Waals surface area contributed by atoms with Crippen LogP contribution in [0.1, 0.15) is 35.2 Å². The van der Waals surface area contributed by atoms with Gasteiger partial charge in [-0.25, -0.2) is 0 Å². The first-order valence-corrected chi connectivity index (χ1v) is 8.32. The largest absolute Gasteiger partial charge is 0.360 e. The molecule has 0 spiro atoms. The first kappa shape index (κ1) is 14.2. The summed E-state index contributed by atoms with van der Waals surface area (Å²) >= 11 is 1.65. The lowest BCUT2D eigenvalue weighted by Crippen LogP contribution is -2.17. The summed E-state index contributed by atoms with van der Waals surface area (Å²) < 4.78 is 5.32. The third-order valence-corrected chi connectivity index (χ3v) is 4.55. The summed E-state index contributed by atoms with van der Waals surface area (Å²) in [5.74, 6) is 1.26. The molecule has 1 amide bonds. The third kappa shape index (κ3) is 2.97. The Kier molecular flexibility index (Phi) is 4.01. The van der Waals surface area contributed by atoms with Crippen molar-refractivity contribution >= 4 is 23.4 Å². The molecule has 5 heteroatoms. The van der Waals surface area contributed by atoms with Crippen LogP contribution in [0.25, 0.3) is 0 Å². The molecular formula is C16H18N2O2S. The number of carbonyl (C=O) groups is 1. The van der Waals surface area contributed by atoms with Gasteiger partial charge >= 0.3 is 0 Å². The fourth-order valence-electron chi connectivity index (χ4n) is 2.65. The highest BCUT2D eigenvalue weighted by atomic mass is 32.2. The molecule has 3 rings (SSSR count). The third-order valence-electron chi connectivity index (χ3n) is 3.83. The van der Waals surface area contributed by atoms with Crippen LogP contribution in [0.4, 0.5) is 5.69 Å². The van der Waals surface area contributed by atoms with Crippen molar-refractivity contribution in [2.75, 3.05) is 11.6 Å². The van der Waals surface area contributed by atoms with Gasteiger partial charge in [-0.3, -0.25) is 4.79 Å². The zero-order valence-corrected chi connectivity index (χ0v) is 13.0. The van der Waals surface area contributed by atoms with E-state index in [0.29, 0.717) is 11.6 Å². The summed E-state index contributed by atoms with van der Waals surface area (Å²) in [5.41, 5.74) is 2.20. The molecule has 1 aromatic carbocycles. The molecule has 1 atom stereocenters. The van der Waals surface area contributed by atoms with E-state index in [1.807, 2.05) is 30.5 Å². The Balaban J connectivity index is 1.81. The monoisotopic (exact) mass is 302 g/mol. The number of thioether (sulfide) groups is 1. The molecule has 1 aromatic heterocycles. The summed E-state index contributed by atoms with van der Waals surface area (Å²) in [6, 6.07) is 7.78. The maximum Gasteiger partial charge on any atom is 0.278 e. The highest BCUT2D eigenvalue weighted by Crippen LogP contribution is 2.28. The molecule has 0 bridgehead atoms. The summed E-state index contributed by atoms with van der Waals surface area (Å²) in [7, 11) is 0. The van der Waals surface area contributed by atoms with Gasteiger partial charge in [0.1, 0.15) is 5.76 Å². The van der Waals surface area contributed by atoms with Crippen LogP contribution in [0.3, 0.4) is 0 Å². The summed E-state index contributed by atoms with van der Waals surface area (Å²) in [5, 5.41) is 6.89. The second-order valence-electron chi connectivity index (χ2n) is 5.47. The minimum absolute atomic E-state index is 0.188. The van der Waals surface area contributed by atoms with Crippen molar-refractivity contribution in [1.82, 2.24) is 5.16 Å². The average Bonchev–Trinajstić information content (AvgIpc) is 2.90. The lowest BCUT2D eigenvalue weighted by Gasteiger charge is -2.16. The maximum absolute atomic E-state index is 12.4. The van der Waals surface area contributed by atoms with Crippen molar-refractivity contribution in [3.8, 4) is 0 Å². The van der Waals surface area contributed by atoms with Gasteiger partial charge in [0, 0.05) is 22.6 Å². The Morgan fingerprint density at radius 3 is 3.14 bits per heavy atom. The highest BCUT2D eigenvalue weighted by molar-refractivity contribution is 7.98. The predicted octanol–water partition coefficient (Wildman–Crippen LogP) is 3.77. The second-order valence-corrected chi connectivity index (χ2v) is 6.35. The number of anilines is 1. The molecular weight excluding hydrogens is 284 g/mol. The van der Waals surface area contributed by atoms with E-state index in [1.54, 1.807) is 11.8 Å². The van der Waals surface area contributed by atoms with E-state index in [9.17, 15) is 4.79 Å². The van der Waals surface area contributed by atoms with E-state index in [-0.39, 0.29) is 5.91 Å².